The molecule has 0 aliphatic carbocycles. The molecule has 1 aromatic rings. The molecule has 0 N–H and O–H groups in total. The SMILES string of the molecule is C=C1OC(=O)O[C@]1(C)CCc1ccco1. The minimum Gasteiger partial charge on any atom is -0.469 e. The summed E-state index contributed by atoms with van der Waals surface area (Å²) in [6, 6.07) is 3.70. The summed E-state index contributed by atoms with van der Waals surface area (Å²) in [7, 11) is 0. The van der Waals surface area contributed by atoms with Gasteiger partial charge in [-0.25, -0.2) is 4.79 Å². The number of hydrogen-bond acceptors (Lipinski definition) is 4. The first-order valence-corrected chi connectivity index (χ1v) is 4.73. The molecular weight excluding hydrogens is 196 g/mol. The average Bonchev–Trinajstić information content (AvgIpc) is 2.73. The molecule has 4 heteroatoms. The van der Waals surface area contributed by atoms with Gasteiger partial charge in [-0.1, -0.05) is 6.58 Å². The highest BCUT2D eigenvalue weighted by Crippen LogP contribution is 2.33. The summed E-state index contributed by atoms with van der Waals surface area (Å²) >= 11 is 0. The van der Waals surface area contributed by atoms with Crippen LogP contribution in [0.2, 0.25) is 0 Å². The smallest absolute Gasteiger partial charge is 0.469 e. The van der Waals surface area contributed by atoms with Crippen LogP contribution in [0.15, 0.2) is 35.2 Å². The van der Waals surface area contributed by atoms with E-state index < -0.39 is 11.8 Å². The number of carbonyl (C=O) groups excluding carboxylic acids is 1. The van der Waals surface area contributed by atoms with Gasteiger partial charge >= 0.3 is 6.16 Å². The summed E-state index contributed by atoms with van der Waals surface area (Å²) < 4.78 is 15.0. The molecule has 0 aromatic carbocycles. The van der Waals surface area contributed by atoms with Gasteiger partial charge in [-0.3, -0.25) is 0 Å². The van der Waals surface area contributed by atoms with E-state index in [1.165, 1.54) is 0 Å². The topological polar surface area (TPSA) is 48.7 Å². The fraction of sp³-hybridized carbons (Fsp3) is 0.364. The largest absolute Gasteiger partial charge is 0.514 e. The van der Waals surface area contributed by atoms with E-state index in [2.05, 4.69) is 6.58 Å². The van der Waals surface area contributed by atoms with Crippen LogP contribution in [0, 0.1) is 0 Å². The van der Waals surface area contributed by atoms with E-state index in [0.29, 0.717) is 18.6 Å². The zero-order valence-corrected chi connectivity index (χ0v) is 8.49. The van der Waals surface area contributed by atoms with Crippen LogP contribution in [-0.4, -0.2) is 11.8 Å². The standard InChI is InChI=1S/C11H12O4/c1-8-11(2,15-10(12)14-8)6-5-9-4-3-7-13-9/h3-4,7H,1,5-6H2,2H3/t11-/m1/s1. The Morgan fingerprint density at radius 3 is 2.87 bits per heavy atom. The van der Waals surface area contributed by atoms with Crippen molar-refractivity contribution in [3.05, 3.63) is 36.5 Å². The molecule has 0 unspecified atom stereocenters. The van der Waals surface area contributed by atoms with E-state index in [9.17, 15) is 4.79 Å². The minimum absolute atomic E-state index is 0.360. The lowest BCUT2D eigenvalue weighted by Crippen LogP contribution is -2.26. The molecule has 0 spiro atoms. The Labute approximate surface area is 87.5 Å². The Bertz CT molecular complexity index is 379. The highest BCUT2D eigenvalue weighted by Gasteiger charge is 2.41. The van der Waals surface area contributed by atoms with Crippen molar-refractivity contribution in [2.75, 3.05) is 0 Å². The van der Waals surface area contributed by atoms with Crippen LogP contribution in [0.4, 0.5) is 4.79 Å². The van der Waals surface area contributed by atoms with Gasteiger partial charge in [0.05, 0.1) is 6.26 Å². The normalized spacial score (nSPS) is 25.1. The monoisotopic (exact) mass is 208 g/mol. The third-order valence-corrected chi connectivity index (χ3v) is 2.53. The Morgan fingerprint density at radius 2 is 2.33 bits per heavy atom. The van der Waals surface area contributed by atoms with E-state index in [1.54, 1.807) is 13.2 Å². The summed E-state index contributed by atoms with van der Waals surface area (Å²) in [5.41, 5.74) is -0.732. The maximum absolute atomic E-state index is 10.9. The lowest BCUT2D eigenvalue weighted by Gasteiger charge is -2.19. The van der Waals surface area contributed by atoms with Gasteiger partial charge in [0.15, 0.2) is 5.60 Å². The quantitative estimate of drug-likeness (QED) is 0.716. The van der Waals surface area contributed by atoms with Crippen molar-refractivity contribution in [1.29, 1.82) is 0 Å². The molecule has 1 aromatic heterocycles. The summed E-state index contributed by atoms with van der Waals surface area (Å²) in [5, 5.41) is 0. The third kappa shape index (κ3) is 1.88. The second-order valence-electron chi connectivity index (χ2n) is 3.69. The third-order valence-electron chi connectivity index (χ3n) is 2.53. The molecule has 0 radical (unpaired) electrons. The number of furan rings is 1. The van der Waals surface area contributed by atoms with Crippen molar-refractivity contribution in [2.24, 2.45) is 0 Å². The first-order valence-electron chi connectivity index (χ1n) is 4.73. The van der Waals surface area contributed by atoms with Crippen LogP contribution < -0.4 is 0 Å². The number of hydrogen-bond donors (Lipinski definition) is 0. The summed E-state index contributed by atoms with van der Waals surface area (Å²) in [4.78, 5) is 10.9. The van der Waals surface area contributed by atoms with E-state index in [0.717, 1.165) is 5.76 Å². The zero-order chi connectivity index (χ0) is 10.9. The van der Waals surface area contributed by atoms with Gasteiger partial charge in [-0.2, -0.15) is 0 Å². The second-order valence-corrected chi connectivity index (χ2v) is 3.69. The maximum atomic E-state index is 10.9. The molecule has 1 aliphatic heterocycles. The fourth-order valence-electron chi connectivity index (χ4n) is 1.48. The van der Waals surface area contributed by atoms with Crippen molar-refractivity contribution in [2.45, 2.75) is 25.4 Å². The molecular formula is C11H12O4. The number of carbonyl (C=O) groups is 1. The van der Waals surface area contributed by atoms with Gasteiger partial charge in [0.25, 0.3) is 0 Å². The predicted octanol–water partition coefficient (Wildman–Crippen LogP) is 2.65. The van der Waals surface area contributed by atoms with Crippen molar-refractivity contribution in [1.82, 2.24) is 0 Å². The van der Waals surface area contributed by atoms with Gasteiger partial charge < -0.3 is 13.9 Å². The van der Waals surface area contributed by atoms with Gasteiger partial charge in [0.1, 0.15) is 11.5 Å². The van der Waals surface area contributed by atoms with Gasteiger partial charge in [0.2, 0.25) is 0 Å². The van der Waals surface area contributed by atoms with Crippen LogP contribution in [0.5, 0.6) is 0 Å². The molecule has 1 fully saturated rings. The maximum Gasteiger partial charge on any atom is 0.514 e. The van der Waals surface area contributed by atoms with E-state index >= 15 is 0 Å². The Kier molecular flexibility index (Phi) is 2.26. The van der Waals surface area contributed by atoms with Crippen molar-refractivity contribution < 1.29 is 18.7 Å². The first kappa shape index (κ1) is 9.83. The molecule has 0 amide bonds. The summed E-state index contributed by atoms with van der Waals surface area (Å²) in [6.45, 7) is 5.44. The molecule has 2 heterocycles. The molecule has 1 saturated heterocycles. The molecule has 0 bridgehead atoms. The molecule has 2 rings (SSSR count). The van der Waals surface area contributed by atoms with Gasteiger partial charge in [0, 0.05) is 12.8 Å². The van der Waals surface area contributed by atoms with Crippen molar-refractivity contribution >= 4 is 6.16 Å². The highest BCUT2D eigenvalue weighted by molar-refractivity contribution is 5.66. The van der Waals surface area contributed by atoms with Crippen LogP contribution in [-0.2, 0) is 15.9 Å². The molecule has 1 aliphatic rings. The van der Waals surface area contributed by atoms with Crippen LogP contribution in [0.3, 0.4) is 0 Å². The van der Waals surface area contributed by atoms with E-state index in [-0.39, 0.29) is 0 Å². The average molecular weight is 208 g/mol. The summed E-state index contributed by atoms with van der Waals surface area (Å²) in [5.74, 6) is 1.21. The van der Waals surface area contributed by atoms with Gasteiger partial charge in [-0.05, 0) is 19.1 Å². The number of cyclic esters (lactones) is 2. The van der Waals surface area contributed by atoms with Crippen LogP contribution in [0.25, 0.3) is 0 Å². The molecule has 1 atom stereocenters. The second kappa shape index (κ2) is 3.46. The molecule has 80 valence electrons. The van der Waals surface area contributed by atoms with Crippen LogP contribution in [0.1, 0.15) is 19.1 Å². The van der Waals surface area contributed by atoms with E-state index in [1.807, 2.05) is 12.1 Å². The Balaban J connectivity index is 1.99. The lowest BCUT2D eigenvalue weighted by atomic mass is 9.98. The Morgan fingerprint density at radius 1 is 1.53 bits per heavy atom. The highest BCUT2D eigenvalue weighted by atomic mass is 16.8. The number of rotatable bonds is 3. The minimum atomic E-state index is -0.732. The molecule has 4 nitrogen and oxygen atoms in total. The van der Waals surface area contributed by atoms with Crippen molar-refractivity contribution in [3.8, 4) is 0 Å². The zero-order valence-electron chi connectivity index (χ0n) is 8.49. The van der Waals surface area contributed by atoms with E-state index in [4.69, 9.17) is 13.9 Å². The number of aryl methyl sites for hydroxylation is 1. The van der Waals surface area contributed by atoms with Gasteiger partial charge in [-0.15, -0.1) is 0 Å². The van der Waals surface area contributed by atoms with Crippen molar-refractivity contribution in [3.63, 3.8) is 0 Å². The molecule has 15 heavy (non-hydrogen) atoms. The van der Waals surface area contributed by atoms with Crippen LogP contribution >= 0.6 is 0 Å². The molecule has 0 saturated carbocycles. The summed E-state index contributed by atoms with van der Waals surface area (Å²) in [6.07, 6.45) is 2.22. The Hall–Kier alpha value is -1.71. The lowest BCUT2D eigenvalue weighted by molar-refractivity contribution is 0.0708. The fourth-order valence-corrected chi connectivity index (χ4v) is 1.48. The first-order chi connectivity index (χ1) is 7.10. The predicted molar refractivity (Wildman–Crippen MR) is 52.1 cm³/mol. The number of ether oxygens (including phenoxy) is 2.